The molecule has 1 aromatic heterocycles. The third-order valence-corrected chi connectivity index (χ3v) is 3.36. The van der Waals surface area contributed by atoms with Crippen LogP contribution in [0.25, 0.3) is 6.08 Å². The van der Waals surface area contributed by atoms with E-state index in [4.69, 9.17) is 4.74 Å². The molecule has 1 amide bonds. The number of halogens is 1. The number of nitrogens with zero attached hydrogens (tertiary/aromatic N) is 2. The van der Waals surface area contributed by atoms with Crippen molar-refractivity contribution in [3.63, 3.8) is 0 Å². The molecule has 1 aromatic carbocycles. The number of hydrogen-bond donors (Lipinski definition) is 1. The van der Waals surface area contributed by atoms with E-state index in [1.165, 1.54) is 25.3 Å². The zero-order chi connectivity index (χ0) is 16.3. The third kappa shape index (κ3) is 3.33. The topological polar surface area (TPSA) is 56.1 Å². The summed E-state index contributed by atoms with van der Waals surface area (Å²) in [5, 5.41) is 7.01. The minimum absolute atomic E-state index is 0.170. The summed E-state index contributed by atoms with van der Waals surface area (Å²) in [7, 11) is 3.22. The van der Waals surface area contributed by atoms with Gasteiger partial charge in [0.25, 0.3) is 0 Å². The molecule has 2 rings (SSSR count). The van der Waals surface area contributed by atoms with Gasteiger partial charge in [-0.15, -0.1) is 0 Å². The van der Waals surface area contributed by atoms with Crippen LogP contribution < -0.4 is 10.1 Å². The van der Waals surface area contributed by atoms with Gasteiger partial charge < -0.3 is 10.1 Å². The maximum atomic E-state index is 13.6. The zero-order valence-electron chi connectivity index (χ0n) is 13.0. The Hall–Kier alpha value is -2.63. The Morgan fingerprint density at radius 3 is 2.68 bits per heavy atom. The second-order valence-electron chi connectivity index (χ2n) is 4.89. The SMILES string of the molecule is COc1ccc(/C=C/C(=O)Nc2c(C)nn(C)c2C)cc1F. The van der Waals surface area contributed by atoms with Crippen molar-refractivity contribution in [3.05, 3.63) is 47.0 Å². The van der Waals surface area contributed by atoms with Gasteiger partial charge in [-0.2, -0.15) is 5.10 Å². The number of nitrogens with one attached hydrogen (secondary N) is 1. The Kier molecular flexibility index (Phi) is 4.60. The summed E-state index contributed by atoms with van der Waals surface area (Å²) in [6, 6.07) is 4.50. The van der Waals surface area contributed by atoms with Crippen LogP contribution in [0.5, 0.6) is 5.75 Å². The molecule has 0 radical (unpaired) electrons. The van der Waals surface area contributed by atoms with Gasteiger partial charge in [0.15, 0.2) is 11.6 Å². The number of carbonyl (C=O) groups excluding carboxylic acids is 1. The van der Waals surface area contributed by atoms with Crippen LogP contribution in [0, 0.1) is 19.7 Å². The summed E-state index contributed by atoms with van der Waals surface area (Å²) >= 11 is 0. The largest absolute Gasteiger partial charge is 0.494 e. The van der Waals surface area contributed by atoms with Crippen molar-refractivity contribution in [1.29, 1.82) is 0 Å². The van der Waals surface area contributed by atoms with Gasteiger partial charge in [-0.05, 0) is 37.6 Å². The lowest BCUT2D eigenvalue weighted by atomic mass is 10.2. The fourth-order valence-electron chi connectivity index (χ4n) is 2.08. The summed E-state index contributed by atoms with van der Waals surface area (Å²) in [5.41, 5.74) is 2.89. The third-order valence-electron chi connectivity index (χ3n) is 3.36. The van der Waals surface area contributed by atoms with Gasteiger partial charge in [-0.3, -0.25) is 9.48 Å². The van der Waals surface area contributed by atoms with E-state index in [0.717, 1.165) is 11.4 Å². The van der Waals surface area contributed by atoms with E-state index in [0.29, 0.717) is 11.3 Å². The number of aromatic nitrogens is 2. The van der Waals surface area contributed by atoms with Crippen LogP contribution in [0.15, 0.2) is 24.3 Å². The van der Waals surface area contributed by atoms with Crippen LogP contribution in [0.1, 0.15) is 17.0 Å². The van der Waals surface area contributed by atoms with Crippen molar-refractivity contribution >= 4 is 17.7 Å². The van der Waals surface area contributed by atoms with Crippen molar-refractivity contribution in [2.75, 3.05) is 12.4 Å². The van der Waals surface area contributed by atoms with Crippen molar-refractivity contribution in [3.8, 4) is 5.75 Å². The number of aryl methyl sites for hydroxylation is 2. The van der Waals surface area contributed by atoms with Gasteiger partial charge >= 0.3 is 0 Å². The molecule has 2 aromatic rings. The predicted molar refractivity (Wildman–Crippen MR) is 83.3 cm³/mol. The maximum Gasteiger partial charge on any atom is 0.248 e. The highest BCUT2D eigenvalue weighted by atomic mass is 19.1. The molecule has 0 spiro atoms. The highest BCUT2D eigenvalue weighted by molar-refractivity contribution is 6.02. The second kappa shape index (κ2) is 6.43. The smallest absolute Gasteiger partial charge is 0.248 e. The molecule has 5 nitrogen and oxygen atoms in total. The van der Waals surface area contributed by atoms with Gasteiger partial charge in [0.05, 0.1) is 24.2 Å². The minimum Gasteiger partial charge on any atom is -0.494 e. The molecule has 1 N–H and O–H groups in total. The Morgan fingerprint density at radius 1 is 1.41 bits per heavy atom. The summed E-state index contributed by atoms with van der Waals surface area (Å²) in [4.78, 5) is 12.0. The first-order valence-corrected chi connectivity index (χ1v) is 6.75. The number of anilines is 1. The van der Waals surface area contributed by atoms with Gasteiger partial charge in [0, 0.05) is 13.1 Å². The Bertz CT molecular complexity index is 735. The first kappa shape index (κ1) is 15.8. The van der Waals surface area contributed by atoms with Crippen LogP contribution in [-0.4, -0.2) is 22.8 Å². The molecule has 0 aliphatic rings. The number of benzene rings is 1. The molecule has 116 valence electrons. The van der Waals surface area contributed by atoms with Crippen LogP contribution >= 0.6 is 0 Å². The summed E-state index contributed by atoms with van der Waals surface area (Å²) < 4.78 is 20.1. The lowest BCUT2D eigenvalue weighted by Gasteiger charge is -2.03. The molecule has 0 unspecified atom stereocenters. The molecule has 0 aliphatic carbocycles. The molecule has 0 saturated carbocycles. The minimum atomic E-state index is -0.469. The standard InChI is InChI=1S/C16H18FN3O2/c1-10-16(11(2)20(3)19-10)18-15(21)8-6-12-5-7-14(22-4)13(17)9-12/h5-9H,1-4H3,(H,18,21)/b8-6+. The summed E-state index contributed by atoms with van der Waals surface area (Å²) in [6.45, 7) is 3.70. The molecule has 0 bridgehead atoms. The van der Waals surface area contributed by atoms with E-state index in [1.807, 2.05) is 20.9 Å². The molecular weight excluding hydrogens is 285 g/mol. The van der Waals surface area contributed by atoms with Gasteiger partial charge in [-0.25, -0.2) is 4.39 Å². The average Bonchev–Trinajstić information content (AvgIpc) is 2.72. The van der Waals surface area contributed by atoms with Crippen LogP contribution in [0.2, 0.25) is 0 Å². The van der Waals surface area contributed by atoms with E-state index >= 15 is 0 Å². The van der Waals surface area contributed by atoms with Crippen molar-refractivity contribution in [1.82, 2.24) is 9.78 Å². The van der Waals surface area contributed by atoms with Gasteiger partial charge in [0.2, 0.25) is 5.91 Å². The molecule has 6 heteroatoms. The van der Waals surface area contributed by atoms with E-state index in [1.54, 1.807) is 16.8 Å². The number of methoxy groups -OCH3 is 1. The Labute approximate surface area is 128 Å². The summed E-state index contributed by atoms with van der Waals surface area (Å²) in [6.07, 6.45) is 2.89. The van der Waals surface area contributed by atoms with Crippen LogP contribution in [-0.2, 0) is 11.8 Å². The van der Waals surface area contributed by atoms with Crippen molar-refractivity contribution in [2.45, 2.75) is 13.8 Å². The van der Waals surface area contributed by atoms with E-state index in [-0.39, 0.29) is 11.7 Å². The van der Waals surface area contributed by atoms with Crippen molar-refractivity contribution < 1.29 is 13.9 Å². The number of hydrogen-bond acceptors (Lipinski definition) is 3. The zero-order valence-corrected chi connectivity index (χ0v) is 13.0. The van der Waals surface area contributed by atoms with Gasteiger partial charge in [0.1, 0.15) is 0 Å². The van der Waals surface area contributed by atoms with Crippen LogP contribution in [0.4, 0.5) is 10.1 Å². The van der Waals surface area contributed by atoms with E-state index in [9.17, 15) is 9.18 Å². The molecule has 0 atom stereocenters. The van der Waals surface area contributed by atoms with Gasteiger partial charge in [-0.1, -0.05) is 6.07 Å². The highest BCUT2D eigenvalue weighted by Crippen LogP contribution is 2.20. The predicted octanol–water partition coefficient (Wildman–Crippen LogP) is 2.84. The quantitative estimate of drug-likeness (QED) is 0.884. The molecule has 1 heterocycles. The van der Waals surface area contributed by atoms with Crippen LogP contribution in [0.3, 0.4) is 0 Å². The number of ether oxygens (including phenoxy) is 1. The average molecular weight is 303 g/mol. The fourth-order valence-corrected chi connectivity index (χ4v) is 2.08. The monoisotopic (exact) mass is 303 g/mol. The molecule has 0 saturated heterocycles. The molecule has 0 aliphatic heterocycles. The number of amides is 1. The van der Waals surface area contributed by atoms with Crippen molar-refractivity contribution in [2.24, 2.45) is 7.05 Å². The number of rotatable bonds is 4. The molecular formula is C16H18FN3O2. The second-order valence-corrected chi connectivity index (χ2v) is 4.89. The Balaban J connectivity index is 2.10. The molecule has 0 fully saturated rings. The Morgan fingerprint density at radius 2 is 2.14 bits per heavy atom. The number of carbonyl (C=O) groups is 1. The lowest BCUT2D eigenvalue weighted by molar-refractivity contribution is -0.111. The summed E-state index contributed by atoms with van der Waals surface area (Å²) in [5.74, 6) is -0.595. The van der Waals surface area contributed by atoms with E-state index < -0.39 is 5.82 Å². The lowest BCUT2D eigenvalue weighted by Crippen LogP contribution is -2.09. The molecule has 22 heavy (non-hydrogen) atoms. The first-order valence-electron chi connectivity index (χ1n) is 6.75. The van der Waals surface area contributed by atoms with E-state index in [2.05, 4.69) is 10.4 Å². The maximum absolute atomic E-state index is 13.6. The first-order chi connectivity index (χ1) is 10.4. The highest BCUT2D eigenvalue weighted by Gasteiger charge is 2.10. The fraction of sp³-hybridized carbons (Fsp3) is 0.250. The normalized spacial score (nSPS) is 11.0.